The lowest BCUT2D eigenvalue weighted by Crippen LogP contribution is -2.02. The molecule has 0 unspecified atom stereocenters. The van der Waals surface area contributed by atoms with Crippen molar-refractivity contribution in [1.82, 2.24) is 4.57 Å². The van der Waals surface area contributed by atoms with Crippen LogP contribution < -0.4 is 0 Å². The predicted molar refractivity (Wildman–Crippen MR) is 106 cm³/mol. The second-order valence-corrected chi connectivity index (χ2v) is 6.79. The molecule has 3 heteroatoms. The normalized spacial score (nSPS) is 11.2. The molecular formula is C23H21NO2. The van der Waals surface area contributed by atoms with E-state index in [2.05, 4.69) is 42.7 Å². The molecule has 0 atom stereocenters. The Bertz CT molecular complexity index is 1070. The van der Waals surface area contributed by atoms with Crippen LogP contribution in [0.2, 0.25) is 0 Å². The van der Waals surface area contributed by atoms with Crippen molar-refractivity contribution in [3.05, 3.63) is 83.4 Å². The van der Waals surface area contributed by atoms with E-state index in [-0.39, 0.29) is 11.5 Å². The van der Waals surface area contributed by atoms with Crippen molar-refractivity contribution >= 4 is 10.9 Å². The van der Waals surface area contributed by atoms with Crippen LogP contribution in [0, 0.1) is 13.8 Å². The molecule has 4 rings (SSSR count). The molecule has 0 aliphatic carbocycles. The van der Waals surface area contributed by atoms with Gasteiger partial charge in [0.15, 0.2) is 0 Å². The lowest BCUT2D eigenvalue weighted by Gasteiger charge is -2.13. The van der Waals surface area contributed by atoms with E-state index in [9.17, 15) is 10.2 Å². The Balaban J connectivity index is 1.94. The van der Waals surface area contributed by atoms with E-state index < -0.39 is 0 Å². The van der Waals surface area contributed by atoms with E-state index in [1.54, 1.807) is 18.2 Å². The van der Waals surface area contributed by atoms with Crippen LogP contribution in [0.25, 0.3) is 22.2 Å². The molecule has 0 aliphatic heterocycles. The van der Waals surface area contributed by atoms with E-state index in [0.717, 1.165) is 34.3 Å². The van der Waals surface area contributed by atoms with Crippen LogP contribution in [-0.4, -0.2) is 14.8 Å². The Morgan fingerprint density at radius 1 is 0.769 bits per heavy atom. The number of aromatic nitrogens is 1. The van der Waals surface area contributed by atoms with Crippen molar-refractivity contribution in [2.45, 2.75) is 20.4 Å². The number of nitrogens with zero attached hydrogens (tertiary/aromatic N) is 1. The SMILES string of the molecule is Cc1ccc(Cn2c(-c3ccc(O)cc3)c(C)c3cc(O)ccc32)cc1. The summed E-state index contributed by atoms with van der Waals surface area (Å²) < 4.78 is 2.28. The maximum Gasteiger partial charge on any atom is 0.116 e. The minimum atomic E-state index is 0.255. The van der Waals surface area contributed by atoms with Gasteiger partial charge in [0.1, 0.15) is 11.5 Å². The Labute approximate surface area is 152 Å². The third-order valence-corrected chi connectivity index (χ3v) is 4.90. The zero-order chi connectivity index (χ0) is 18.3. The third kappa shape index (κ3) is 2.82. The highest BCUT2D eigenvalue weighted by Gasteiger charge is 2.16. The summed E-state index contributed by atoms with van der Waals surface area (Å²) in [5, 5.41) is 20.6. The second kappa shape index (κ2) is 6.26. The molecule has 0 aliphatic rings. The van der Waals surface area contributed by atoms with Gasteiger partial charge in [-0.2, -0.15) is 0 Å². The molecule has 0 amide bonds. The predicted octanol–water partition coefficient (Wildman–Crippen LogP) is 5.38. The number of fused-ring (bicyclic) bond motifs is 1. The number of phenols is 2. The number of hydrogen-bond donors (Lipinski definition) is 2. The molecule has 3 aromatic carbocycles. The Kier molecular flexibility index (Phi) is 3.92. The van der Waals surface area contributed by atoms with Gasteiger partial charge in [-0.3, -0.25) is 0 Å². The molecule has 0 radical (unpaired) electrons. The number of phenolic OH excluding ortho intramolecular Hbond substituents is 2. The molecule has 1 heterocycles. The highest BCUT2D eigenvalue weighted by molar-refractivity contribution is 5.92. The maximum atomic E-state index is 9.94. The van der Waals surface area contributed by atoms with Crippen LogP contribution in [0.4, 0.5) is 0 Å². The molecule has 4 aromatic rings. The zero-order valence-corrected chi connectivity index (χ0v) is 14.9. The average Bonchev–Trinajstić information content (AvgIpc) is 2.89. The van der Waals surface area contributed by atoms with Crippen LogP contribution in [0.1, 0.15) is 16.7 Å². The number of aryl methyl sites for hydroxylation is 2. The van der Waals surface area contributed by atoms with Crippen LogP contribution in [-0.2, 0) is 6.54 Å². The van der Waals surface area contributed by atoms with Crippen molar-refractivity contribution < 1.29 is 10.2 Å². The van der Waals surface area contributed by atoms with Crippen molar-refractivity contribution in [1.29, 1.82) is 0 Å². The van der Waals surface area contributed by atoms with Gasteiger partial charge in [-0.05, 0) is 73.0 Å². The van der Waals surface area contributed by atoms with Crippen molar-refractivity contribution in [2.75, 3.05) is 0 Å². The van der Waals surface area contributed by atoms with Gasteiger partial charge in [-0.25, -0.2) is 0 Å². The highest BCUT2D eigenvalue weighted by Crippen LogP contribution is 2.36. The minimum absolute atomic E-state index is 0.255. The summed E-state index contributed by atoms with van der Waals surface area (Å²) in [4.78, 5) is 0. The highest BCUT2D eigenvalue weighted by atomic mass is 16.3. The zero-order valence-electron chi connectivity index (χ0n) is 14.9. The summed E-state index contributed by atoms with van der Waals surface area (Å²) in [6.45, 7) is 4.91. The number of hydrogen-bond acceptors (Lipinski definition) is 2. The Morgan fingerprint density at radius 3 is 2.12 bits per heavy atom. The van der Waals surface area contributed by atoms with Crippen molar-refractivity contribution in [2.24, 2.45) is 0 Å². The minimum Gasteiger partial charge on any atom is -0.508 e. The molecule has 26 heavy (non-hydrogen) atoms. The van der Waals surface area contributed by atoms with Gasteiger partial charge in [-0.1, -0.05) is 29.8 Å². The van der Waals surface area contributed by atoms with Gasteiger partial charge in [0.2, 0.25) is 0 Å². The molecule has 0 spiro atoms. The Morgan fingerprint density at radius 2 is 1.42 bits per heavy atom. The van der Waals surface area contributed by atoms with E-state index in [4.69, 9.17) is 0 Å². The lowest BCUT2D eigenvalue weighted by molar-refractivity contribution is 0.475. The quantitative estimate of drug-likeness (QED) is 0.524. The van der Waals surface area contributed by atoms with Gasteiger partial charge >= 0.3 is 0 Å². The average molecular weight is 343 g/mol. The molecule has 0 fully saturated rings. The first-order chi connectivity index (χ1) is 12.5. The summed E-state index contributed by atoms with van der Waals surface area (Å²) in [7, 11) is 0. The summed E-state index contributed by atoms with van der Waals surface area (Å²) >= 11 is 0. The molecule has 0 saturated carbocycles. The van der Waals surface area contributed by atoms with Gasteiger partial charge in [0.25, 0.3) is 0 Å². The molecule has 1 aromatic heterocycles. The van der Waals surface area contributed by atoms with Gasteiger partial charge in [0.05, 0.1) is 5.69 Å². The standard InChI is InChI=1S/C23H21NO2/c1-15-3-5-17(6-4-15)14-24-22-12-11-20(26)13-21(22)16(2)23(24)18-7-9-19(25)10-8-18/h3-13,25-26H,14H2,1-2H3. The largest absolute Gasteiger partial charge is 0.508 e. The fourth-order valence-corrected chi connectivity index (χ4v) is 3.54. The van der Waals surface area contributed by atoms with Gasteiger partial charge in [0, 0.05) is 17.4 Å². The molecule has 0 saturated heterocycles. The molecular weight excluding hydrogens is 322 g/mol. The lowest BCUT2D eigenvalue weighted by atomic mass is 10.1. The van der Waals surface area contributed by atoms with Crippen molar-refractivity contribution in [3.8, 4) is 22.8 Å². The van der Waals surface area contributed by atoms with Crippen LogP contribution in [0.15, 0.2) is 66.7 Å². The number of aromatic hydroxyl groups is 2. The number of rotatable bonds is 3. The summed E-state index contributed by atoms with van der Waals surface area (Å²) in [5.74, 6) is 0.524. The van der Waals surface area contributed by atoms with Crippen LogP contribution >= 0.6 is 0 Å². The van der Waals surface area contributed by atoms with Crippen LogP contribution in [0.3, 0.4) is 0 Å². The van der Waals surface area contributed by atoms with E-state index in [0.29, 0.717) is 0 Å². The maximum absolute atomic E-state index is 9.94. The van der Waals surface area contributed by atoms with Gasteiger partial charge < -0.3 is 14.8 Å². The number of benzene rings is 3. The summed E-state index contributed by atoms with van der Waals surface area (Å²) in [5.41, 5.74) is 6.82. The summed E-state index contributed by atoms with van der Waals surface area (Å²) in [6, 6.07) is 21.4. The first kappa shape index (κ1) is 16.3. The first-order valence-electron chi connectivity index (χ1n) is 8.69. The van der Waals surface area contributed by atoms with E-state index >= 15 is 0 Å². The fraction of sp³-hybridized carbons (Fsp3) is 0.130. The molecule has 3 nitrogen and oxygen atoms in total. The van der Waals surface area contributed by atoms with E-state index in [1.807, 2.05) is 24.3 Å². The smallest absolute Gasteiger partial charge is 0.116 e. The van der Waals surface area contributed by atoms with Crippen LogP contribution in [0.5, 0.6) is 11.5 Å². The second-order valence-electron chi connectivity index (χ2n) is 6.79. The molecule has 0 bridgehead atoms. The summed E-state index contributed by atoms with van der Waals surface area (Å²) in [6.07, 6.45) is 0. The van der Waals surface area contributed by atoms with E-state index in [1.165, 1.54) is 11.1 Å². The Hall–Kier alpha value is -3.20. The van der Waals surface area contributed by atoms with Crippen molar-refractivity contribution in [3.63, 3.8) is 0 Å². The molecule has 2 N–H and O–H groups in total. The first-order valence-corrected chi connectivity index (χ1v) is 8.69. The fourth-order valence-electron chi connectivity index (χ4n) is 3.54. The molecule has 130 valence electrons. The third-order valence-electron chi connectivity index (χ3n) is 4.90. The topological polar surface area (TPSA) is 45.4 Å². The monoisotopic (exact) mass is 343 g/mol. The van der Waals surface area contributed by atoms with Gasteiger partial charge in [-0.15, -0.1) is 0 Å².